The highest BCUT2D eigenvalue weighted by molar-refractivity contribution is 9.10. The van der Waals surface area contributed by atoms with Crippen LogP contribution in [0.3, 0.4) is 0 Å². The van der Waals surface area contributed by atoms with Crippen LogP contribution in [0.25, 0.3) is 10.2 Å². The second-order valence-electron chi connectivity index (χ2n) is 4.44. The summed E-state index contributed by atoms with van der Waals surface area (Å²) in [7, 11) is 1.58. The first-order valence-electron chi connectivity index (χ1n) is 6.42. The molecule has 0 aliphatic heterocycles. The highest BCUT2D eigenvalue weighted by Gasteiger charge is 2.08. The summed E-state index contributed by atoms with van der Waals surface area (Å²) in [5, 5.41) is 6.04. The highest BCUT2D eigenvalue weighted by Crippen LogP contribution is 2.28. The summed E-state index contributed by atoms with van der Waals surface area (Å²) in [4.78, 5) is 16.4. The Morgan fingerprint density at radius 1 is 1.23 bits per heavy atom. The number of rotatable bonds is 3. The number of carbonyl (C=O) groups is 1. The summed E-state index contributed by atoms with van der Waals surface area (Å²) < 4.78 is 7.11. The van der Waals surface area contributed by atoms with Gasteiger partial charge < -0.3 is 10.1 Å². The molecular formula is C15H12BrN3O2S. The predicted octanol–water partition coefficient (Wildman–Crippen LogP) is 4.71. The number of fused-ring (bicyclic) bond motifs is 1. The topological polar surface area (TPSA) is 63.2 Å². The summed E-state index contributed by atoms with van der Waals surface area (Å²) in [6.07, 6.45) is 0. The van der Waals surface area contributed by atoms with Crippen molar-refractivity contribution in [2.75, 3.05) is 17.7 Å². The number of hydrogen-bond acceptors (Lipinski definition) is 4. The number of anilines is 2. The third-order valence-electron chi connectivity index (χ3n) is 2.90. The smallest absolute Gasteiger partial charge is 0.325 e. The number of nitrogens with one attached hydrogen (secondary N) is 2. The standard InChI is InChI=1S/C15H12BrN3O2S/c1-21-11-4-2-3-10(8-11)17-14(20)19-15-18-12-6-5-9(16)7-13(12)22-15/h2-8H,1H3,(H2,17,18,19,20). The molecule has 0 aliphatic carbocycles. The van der Waals surface area contributed by atoms with Crippen LogP contribution in [0.4, 0.5) is 15.6 Å². The normalized spacial score (nSPS) is 10.5. The van der Waals surface area contributed by atoms with E-state index in [0.717, 1.165) is 14.7 Å². The van der Waals surface area contributed by atoms with Gasteiger partial charge in [-0.2, -0.15) is 0 Å². The fourth-order valence-electron chi connectivity index (χ4n) is 1.91. The van der Waals surface area contributed by atoms with Gasteiger partial charge in [-0.25, -0.2) is 9.78 Å². The minimum Gasteiger partial charge on any atom is -0.497 e. The number of amides is 2. The van der Waals surface area contributed by atoms with Crippen molar-refractivity contribution < 1.29 is 9.53 Å². The van der Waals surface area contributed by atoms with Gasteiger partial charge in [-0.1, -0.05) is 33.3 Å². The number of benzene rings is 2. The monoisotopic (exact) mass is 377 g/mol. The van der Waals surface area contributed by atoms with E-state index < -0.39 is 0 Å². The van der Waals surface area contributed by atoms with Crippen LogP contribution in [0.15, 0.2) is 46.9 Å². The van der Waals surface area contributed by atoms with Gasteiger partial charge in [0.25, 0.3) is 0 Å². The van der Waals surface area contributed by atoms with Crippen LogP contribution in [-0.2, 0) is 0 Å². The molecule has 0 saturated carbocycles. The molecule has 1 heterocycles. The van der Waals surface area contributed by atoms with Crippen LogP contribution in [-0.4, -0.2) is 18.1 Å². The van der Waals surface area contributed by atoms with E-state index in [9.17, 15) is 4.79 Å². The molecule has 0 bridgehead atoms. The summed E-state index contributed by atoms with van der Waals surface area (Å²) >= 11 is 4.84. The number of urea groups is 1. The lowest BCUT2D eigenvalue weighted by atomic mass is 10.3. The molecule has 0 atom stereocenters. The molecule has 0 unspecified atom stereocenters. The van der Waals surface area contributed by atoms with E-state index in [-0.39, 0.29) is 6.03 Å². The van der Waals surface area contributed by atoms with Gasteiger partial charge in [-0.05, 0) is 30.3 Å². The number of nitrogens with zero attached hydrogens (tertiary/aromatic N) is 1. The predicted molar refractivity (Wildman–Crippen MR) is 93.0 cm³/mol. The lowest BCUT2D eigenvalue weighted by Gasteiger charge is -2.06. The molecule has 1 aromatic heterocycles. The molecule has 0 fully saturated rings. The number of methoxy groups -OCH3 is 1. The van der Waals surface area contributed by atoms with E-state index in [4.69, 9.17) is 4.74 Å². The Labute approximate surface area is 139 Å². The summed E-state index contributed by atoms with van der Waals surface area (Å²) in [5.41, 5.74) is 1.51. The number of carbonyl (C=O) groups excluding carboxylic acids is 1. The van der Waals surface area contributed by atoms with Gasteiger partial charge in [0.05, 0.1) is 17.3 Å². The van der Waals surface area contributed by atoms with Gasteiger partial charge in [-0.15, -0.1) is 0 Å². The first-order chi connectivity index (χ1) is 10.6. The summed E-state index contributed by atoms with van der Waals surface area (Å²) in [5.74, 6) is 0.683. The van der Waals surface area contributed by atoms with E-state index in [1.807, 2.05) is 30.3 Å². The van der Waals surface area contributed by atoms with Gasteiger partial charge in [0.15, 0.2) is 5.13 Å². The maximum Gasteiger partial charge on any atom is 0.325 e. The molecule has 0 saturated heterocycles. The van der Waals surface area contributed by atoms with Crippen LogP contribution in [0.2, 0.25) is 0 Å². The Kier molecular flexibility index (Phi) is 4.26. The van der Waals surface area contributed by atoms with Crippen LogP contribution >= 0.6 is 27.3 Å². The molecule has 0 spiro atoms. The average Bonchev–Trinajstić information content (AvgIpc) is 2.88. The van der Waals surface area contributed by atoms with E-state index in [0.29, 0.717) is 16.6 Å². The summed E-state index contributed by atoms with van der Waals surface area (Å²) in [6, 6.07) is 12.6. The molecule has 3 rings (SSSR count). The molecule has 22 heavy (non-hydrogen) atoms. The molecule has 0 aliphatic rings. The van der Waals surface area contributed by atoms with E-state index in [2.05, 4.69) is 31.5 Å². The lowest BCUT2D eigenvalue weighted by molar-refractivity contribution is 0.262. The maximum atomic E-state index is 12.0. The van der Waals surface area contributed by atoms with Gasteiger partial charge in [0.1, 0.15) is 5.75 Å². The number of thiazole rings is 1. The molecular weight excluding hydrogens is 366 g/mol. The molecule has 2 aromatic carbocycles. The fourth-order valence-corrected chi connectivity index (χ4v) is 3.32. The van der Waals surface area contributed by atoms with Crippen molar-refractivity contribution in [3.63, 3.8) is 0 Å². The largest absolute Gasteiger partial charge is 0.497 e. The Morgan fingerprint density at radius 2 is 2.09 bits per heavy atom. The zero-order chi connectivity index (χ0) is 15.5. The quantitative estimate of drug-likeness (QED) is 0.694. The Hall–Kier alpha value is -2.12. The van der Waals surface area contributed by atoms with Crippen molar-refractivity contribution in [3.05, 3.63) is 46.9 Å². The van der Waals surface area contributed by atoms with Gasteiger partial charge >= 0.3 is 6.03 Å². The maximum absolute atomic E-state index is 12.0. The van der Waals surface area contributed by atoms with Crippen LogP contribution in [0, 0.1) is 0 Å². The second kappa shape index (κ2) is 6.33. The molecule has 3 aromatic rings. The zero-order valence-electron chi connectivity index (χ0n) is 11.6. The van der Waals surface area contributed by atoms with Crippen molar-refractivity contribution in [1.29, 1.82) is 0 Å². The van der Waals surface area contributed by atoms with Crippen LogP contribution in [0.1, 0.15) is 0 Å². The van der Waals surface area contributed by atoms with Crippen molar-refractivity contribution in [1.82, 2.24) is 4.98 Å². The third-order valence-corrected chi connectivity index (χ3v) is 4.33. The third kappa shape index (κ3) is 3.37. The number of aromatic nitrogens is 1. The number of hydrogen-bond donors (Lipinski definition) is 2. The molecule has 0 radical (unpaired) electrons. The Balaban J connectivity index is 1.72. The molecule has 5 nitrogen and oxygen atoms in total. The second-order valence-corrected chi connectivity index (χ2v) is 6.39. The molecule has 2 amide bonds. The van der Waals surface area contributed by atoms with E-state index in [1.54, 1.807) is 19.2 Å². The summed E-state index contributed by atoms with van der Waals surface area (Å²) in [6.45, 7) is 0. The van der Waals surface area contributed by atoms with E-state index in [1.165, 1.54) is 11.3 Å². The van der Waals surface area contributed by atoms with Gasteiger partial charge in [0, 0.05) is 16.2 Å². The van der Waals surface area contributed by atoms with Crippen molar-refractivity contribution in [3.8, 4) is 5.75 Å². The van der Waals surface area contributed by atoms with E-state index >= 15 is 0 Å². The van der Waals surface area contributed by atoms with Crippen molar-refractivity contribution >= 4 is 54.3 Å². The van der Waals surface area contributed by atoms with Gasteiger partial charge in [-0.3, -0.25) is 5.32 Å². The van der Waals surface area contributed by atoms with Crippen molar-refractivity contribution in [2.24, 2.45) is 0 Å². The zero-order valence-corrected chi connectivity index (χ0v) is 14.0. The fraction of sp³-hybridized carbons (Fsp3) is 0.0667. The highest BCUT2D eigenvalue weighted by atomic mass is 79.9. The van der Waals surface area contributed by atoms with Crippen LogP contribution < -0.4 is 15.4 Å². The number of halogens is 1. The first kappa shape index (κ1) is 14.8. The Bertz CT molecular complexity index is 835. The molecule has 7 heteroatoms. The Morgan fingerprint density at radius 3 is 2.91 bits per heavy atom. The SMILES string of the molecule is COc1cccc(NC(=O)Nc2nc3ccc(Br)cc3s2)c1. The molecule has 2 N–H and O–H groups in total. The minimum absolute atomic E-state index is 0.341. The molecule has 112 valence electrons. The van der Waals surface area contributed by atoms with Crippen molar-refractivity contribution in [2.45, 2.75) is 0 Å². The average molecular weight is 378 g/mol. The number of ether oxygens (including phenoxy) is 1. The van der Waals surface area contributed by atoms with Crippen LogP contribution in [0.5, 0.6) is 5.75 Å². The first-order valence-corrected chi connectivity index (χ1v) is 8.03. The lowest BCUT2D eigenvalue weighted by Crippen LogP contribution is -2.19. The van der Waals surface area contributed by atoms with Gasteiger partial charge in [0.2, 0.25) is 0 Å². The minimum atomic E-state index is -0.341.